The summed E-state index contributed by atoms with van der Waals surface area (Å²) in [6.45, 7) is 2.03. The zero-order chi connectivity index (χ0) is 19.2. The Labute approximate surface area is 173 Å². The third-order valence-corrected chi connectivity index (χ3v) is 8.25. The molecule has 4 nitrogen and oxygen atoms in total. The van der Waals surface area contributed by atoms with Gasteiger partial charge in [0.1, 0.15) is 0 Å². The van der Waals surface area contributed by atoms with Crippen LogP contribution in [0.1, 0.15) is 11.1 Å². The number of amidine groups is 1. The second-order valence-electron chi connectivity index (χ2n) is 6.87. The molecule has 4 rings (SSSR count). The van der Waals surface area contributed by atoms with Crippen molar-refractivity contribution in [1.29, 1.82) is 0 Å². The maximum Gasteiger partial charge on any atom is 0.164 e. The van der Waals surface area contributed by atoms with E-state index in [1.807, 2.05) is 43.3 Å². The van der Waals surface area contributed by atoms with Crippen LogP contribution in [0.5, 0.6) is 0 Å². The molecule has 0 unspecified atom stereocenters. The first-order valence-corrected chi connectivity index (χ1v) is 12.1. The van der Waals surface area contributed by atoms with Crippen LogP contribution in [0.2, 0.25) is 10.0 Å². The quantitative estimate of drug-likeness (QED) is 0.700. The van der Waals surface area contributed by atoms with E-state index >= 15 is 0 Å². The third-order valence-electron chi connectivity index (χ3n) is 4.77. The van der Waals surface area contributed by atoms with Crippen molar-refractivity contribution in [1.82, 2.24) is 0 Å². The molecular formula is C19H18Cl2N2O2S2. The van der Waals surface area contributed by atoms with Crippen LogP contribution in [0, 0.1) is 6.92 Å². The molecule has 0 aromatic heterocycles. The van der Waals surface area contributed by atoms with Gasteiger partial charge in [-0.1, -0.05) is 58.7 Å². The predicted octanol–water partition coefficient (Wildman–Crippen LogP) is 4.58. The van der Waals surface area contributed by atoms with Gasteiger partial charge in [-0.15, -0.1) is 0 Å². The highest BCUT2D eigenvalue weighted by atomic mass is 35.5. The fraction of sp³-hybridized carbons (Fsp3) is 0.316. The number of aliphatic imine (C=N–C) groups is 1. The van der Waals surface area contributed by atoms with E-state index in [1.165, 1.54) is 0 Å². The molecule has 0 amide bonds. The van der Waals surface area contributed by atoms with Gasteiger partial charge in [0.15, 0.2) is 15.0 Å². The summed E-state index contributed by atoms with van der Waals surface area (Å²) in [4.78, 5) is 6.83. The van der Waals surface area contributed by atoms with E-state index in [1.54, 1.807) is 17.8 Å². The average Bonchev–Trinajstić information content (AvgIpc) is 3.08. The molecule has 27 heavy (non-hydrogen) atoms. The molecule has 0 bridgehead atoms. The minimum atomic E-state index is -3.05. The van der Waals surface area contributed by atoms with Gasteiger partial charge in [0.2, 0.25) is 0 Å². The molecule has 0 radical (unpaired) electrons. The Morgan fingerprint density at radius 3 is 2.56 bits per heavy atom. The summed E-state index contributed by atoms with van der Waals surface area (Å²) in [6.07, 6.45) is 0. The van der Waals surface area contributed by atoms with E-state index in [2.05, 4.69) is 4.90 Å². The number of thioether (sulfide) groups is 1. The van der Waals surface area contributed by atoms with Gasteiger partial charge in [-0.2, -0.15) is 0 Å². The largest absolute Gasteiger partial charge is 0.315 e. The molecule has 0 spiro atoms. The summed E-state index contributed by atoms with van der Waals surface area (Å²) in [5, 5.41) is 1.92. The Morgan fingerprint density at radius 2 is 1.85 bits per heavy atom. The van der Waals surface area contributed by atoms with Crippen LogP contribution in [0.15, 0.2) is 47.5 Å². The topological polar surface area (TPSA) is 49.7 Å². The van der Waals surface area contributed by atoms with Gasteiger partial charge in [0.25, 0.3) is 0 Å². The lowest BCUT2D eigenvalue weighted by atomic mass is 10.1. The number of aryl methyl sites for hydroxylation is 1. The van der Waals surface area contributed by atoms with Gasteiger partial charge in [0, 0.05) is 11.4 Å². The number of hydrogen-bond acceptors (Lipinski definition) is 5. The summed E-state index contributed by atoms with van der Waals surface area (Å²) in [5.74, 6) is 0.951. The number of fused-ring (bicyclic) bond motifs is 1. The lowest BCUT2D eigenvalue weighted by molar-refractivity contribution is 0.601. The Morgan fingerprint density at radius 1 is 1.11 bits per heavy atom. The van der Waals surface area contributed by atoms with E-state index in [0.717, 1.165) is 22.0 Å². The Bertz CT molecular complexity index is 1010. The van der Waals surface area contributed by atoms with E-state index in [9.17, 15) is 8.42 Å². The fourth-order valence-electron chi connectivity index (χ4n) is 3.42. The van der Waals surface area contributed by atoms with Crippen molar-refractivity contribution in [3.05, 3.63) is 63.6 Å². The van der Waals surface area contributed by atoms with Crippen LogP contribution < -0.4 is 4.90 Å². The molecule has 0 aliphatic carbocycles. The predicted molar refractivity (Wildman–Crippen MR) is 115 cm³/mol. The molecule has 2 aromatic carbocycles. The summed E-state index contributed by atoms with van der Waals surface area (Å²) in [6, 6.07) is 13.4. The minimum absolute atomic E-state index is 0.122. The molecule has 2 atom stereocenters. The first-order valence-electron chi connectivity index (χ1n) is 8.53. The zero-order valence-corrected chi connectivity index (χ0v) is 17.7. The second kappa shape index (κ2) is 7.32. The molecule has 0 N–H and O–H groups in total. The fourth-order valence-corrected chi connectivity index (χ4v) is 6.65. The van der Waals surface area contributed by atoms with E-state index in [4.69, 9.17) is 28.2 Å². The van der Waals surface area contributed by atoms with Crippen molar-refractivity contribution in [3.63, 3.8) is 0 Å². The summed E-state index contributed by atoms with van der Waals surface area (Å²) >= 11 is 13.7. The summed E-state index contributed by atoms with van der Waals surface area (Å²) in [5.41, 5.74) is 3.19. The van der Waals surface area contributed by atoms with Gasteiger partial charge < -0.3 is 4.90 Å². The normalized spacial score (nSPS) is 23.4. The molecule has 2 aromatic rings. The monoisotopic (exact) mass is 440 g/mol. The van der Waals surface area contributed by atoms with Crippen LogP contribution in [0.25, 0.3) is 0 Å². The standard InChI is InChI=1S/C19H18Cl2N2O2S2/c1-12-2-5-14(6-3-12)23-18-11-27(24,25)10-17(18)22-19(23)26-9-13-4-7-15(20)16(21)8-13/h2-8,17-18H,9-11H2,1H3/t17-,18+/m0/s1. The van der Waals surface area contributed by atoms with Crippen LogP contribution in [0.3, 0.4) is 0 Å². The molecule has 2 aliphatic rings. The Kier molecular flexibility index (Phi) is 5.18. The van der Waals surface area contributed by atoms with Crippen molar-refractivity contribution in [2.24, 2.45) is 4.99 Å². The lowest BCUT2D eigenvalue weighted by Gasteiger charge is -2.26. The molecule has 2 aliphatic heterocycles. The van der Waals surface area contributed by atoms with Crippen molar-refractivity contribution in [3.8, 4) is 0 Å². The Hall–Kier alpha value is -1.21. The smallest absolute Gasteiger partial charge is 0.164 e. The van der Waals surface area contributed by atoms with Gasteiger partial charge in [-0.05, 0) is 36.8 Å². The number of rotatable bonds is 3. The number of nitrogens with zero attached hydrogens (tertiary/aromatic N) is 2. The van der Waals surface area contributed by atoms with Crippen molar-refractivity contribution in [2.45, 2.75) is 24.8 Å². The molecule has 2 heterocycles. The van der Waals surface area contributed by atoms with Crippen LogP contribution in [-0.4, -0.2) is 37.2 Å². The molecular weight excluding hydrogens is 423 g/mol. The number of hydrogen-bond donors (Lipinski definition) is 0. The van der Waals surface area contributed by atoms with E-state index in [0.29, 0.717) is 15.8 Å². The Balaban J connectivity index is 1.60. The number of anilines is 1. The van der Waals surface area contributed by atoms with Crippen molar-refractivity contribution >= 4 is 55.7 Å². The third kappa shape index (κ3) is 3.99. The second-order valence-corrected chi connectivity index (χ2v) is 10.8. The maximum absolute atomic E-state index is 12.1. The van der Waals surface area contributed by atoms with Crippen LogP contribution in [0.4, 0.5) is 5.69 Å². The zero-order valence-electron chi connectivity index (χ0n) is 14.6. The van der Waals surface area contributed by atoms with Crippen LogP contribution in [-0.2, 0) is 15.6 Å². The van der Waals surface area contributed by atoms with Gasteiger partial charge in [0.05, 0.1) is 33.6 Å². The molecule has 142 valence electrons. The average molecular weight is 441 g/mol. The summed E-state index contributed by atoms with van der Waals surface area (Å²) < 4.78 is 24.2. The van der Waals surface area contributed by atoms with Crippen molar-refractivity contribution in [2.75, 3.05) is 16.4 Å². The first-order chi connectivity index (χ1) is 12.8. The van der Waals surface area contributed by atoms with Gasteiger partial charge in [-0.3, -0.25) is 4.99 Å². The van der Waals surface area contributed by atoms with Crippen LogP contribution >= 0.6 is 35.0 Å². The SMILES string of the molecule is Cc1ccc(N2C(SCc3ccc(Cl)c(Cl)c3)=N[C@H]3CS(=O)(=O)C[C@H]32)cc1. The molecule has 8 heteroatoms. The van der Waals surface area contributed by atoms with Gasteiger partial charge >= 0.3 is 0 Å². The highest BCUT2D eigenvalue weighted by molar-refractivity contribution is 8.13. The van der Waals surface area contributed by atoms with Gasteiger partial charge in [-0.25, -0.2) is 8.42 Å². The molecule has 1 saturated heterocycles. The number of halogens is 2. The maximum atomic E-state index is 12.1. The van der Waals surface area contributed by atoms with E-state index in [-0.39, 0.29) is 23.6 Å². The molecule has 0 saturated carbocycles. The van der Waals surface area contributed by atoms with E-state index < -0.39 is 9.84 Å². The highest BCUT2D eigenvalue weighted by Crippen LogP contribution is 2.36. The minimum Gasteiger partial charge on any atom is -0.315 e. The lowest BCUT2D eigenvalue weighted by Crippen LogP contribution is -2.39. The highest BCUT2D eigenvalue weighted by Gasteiger charge is 2.47. The summed E-state index contributed by atoms with van der Waals surface area (Å²) in [7, 11) is -3.05. The number of benzene rings is 2. The first kappa shape index (κ1) is 19.1. The molecule has 1 fully saturated rings. The van der Waals surface area contributed by atoms with Crippen molar-refractivity contribution < 1.29 is 8.42 Å². The number of sulfone groups is 1.